The summed E-state index contributed by atoms with van der Waals surface area (Å²) in [5, 5.41) is 13.6. The van der Waals surface area contributed by atoms with E-state index in [0.717, 1.165) is 15.1 Å². The lowest BCUT2D eigenvalue weighted by molar-refractivity contribution is -0.138. The first kappa shape index (κ1) is 37.1. The highest BCUT2D eigenvalue weighted by atomic mass is 35.5. The predicted octanol–water partition coefficient (Wildman–Crippen LogP) is 7.02. The Kier molecular flexibility index (Phi) is 9.25. The molecule has 9 rings (SSSR count). The number of aromatic hydroxyl groups is 1. The van der Waals surface area contributed by atoms with E-state index in [0.29, 0.717) is 38.9 Å². The van der Waals surface area contributed by atoms with Crippen molar-refractivity contribution < 1.29 is 24.2 Å². The van der Waals surface area contributed by atoms with Crippen LogP contribution in [0.3, 0.4) is 0 Å². The fourth-order valence-electron chi connectivity index (χ4n) is 8.85. The molecule has 0 bridgehead atoms. The number of nitrogens with one attached hydrogen (secondary N) is 1. The van der Waals surface area contributed by atoms with Crippen LogP contribution in [0.2, 0.25) is 10.0 Å². The van der Waals surface area contributed by atoms with E-state index < -0.39 is 46.5 Å². The lowest BCUT2D eigenvalue weighted by Crippen LogP contribution is -2.53. The Morgan fingerprint density at radius 3 is 2.22 bits per heavy atom. The van der Waals surface area contributed by atoms with Gasteiger partial charge in [-0.1, -0.05) is 96.0 Å². The zero-order chi connectivity index (χ0) is 40.3. The highest BCUT2D eigenvalue weighted by molar-refractivity contribution is 6.36. The van der Waals surface area contributed by atoms with Crippen molar-refractivity contribution in [3.05, 3.63) is 181 Å². The van der Waals surface area contributed by atoms with Crippen molar-refractivity contribution in [2.75, 3.05) is 12.5 Å². The van der Waals surface area contributed by atoms with Crippen LogP contribution in [0.1, 0.15) is 35.1 Å². The van der Waals surface area contributed by atoms with Gasteiger partial charge in [0.25, 0.3) is 11.8 Å². The molecule has 0 spiro atoms. The van der Waals surface area contributed by atoms with Crippen LogP contribution < -0.4 is 26.3 Å². The molecule has 2 fully saturated rings. The van der Waals surface area contributed by atoms with Crippen molar-refractivity contribution in [3.63, 3.8) is 0 Å². The molecule has 1 aromatic heterocycles. The van der Waals surface area contributed by atoms with Crippen LogP contribution in [-0.4, -0.2) is 43.0 Å². The monoisotopic (exact) mass is 815 g/mol. The molecule has 2 N–H and O–H groups in total. The van der Waals surface area contributed by atoms with Crippen LogP contribution in [0, 0.1) is 5.92 Å². The summed E-state index contributed by atoms with van der Waals surface area (Å²) in [6.45, 7) is 0.233. The summed E-state index contributed by atoms with van der Waals surface area (Å²) >= 11 is 12.8. The number of hydrogen-bond acceptors (Lipinski definition) is 8. The summed E-state index contributed by atoms with van der Waals surface area (Å²) in [6, 6.07) is 33.8. The number of allylic oxidation sites excluding steroid dienone is 2. The van der Waals surface area contributed by atoms with Crippen LogP contribution in [0.4, 0.5) is 5.69 Å². The molecule has 1 saturated carbocycles. The molecule has 5 aromatic carbocycles. The number of fused-ring (bicyclic) bond motifs is 4. The van der Waals surface area contributed by atoms with Gasteiger partial charge in [0.2, 0.25) is 0 Å². The van der Waals surface area contributed by atoms with Gasteiger partial charge in [-0.05, 0) is 71.7 Å². The van der Waals surface area contributed by atoms with Crippen molar-refractivity contribution in [3.8, 4) is 22.9 Å². The number of imide groups is 1. The number of para-hydroxylation sites is 1. The van der Waals surface area contributed by atoms with Gasteiger partial charge in [-0.3, -0.25) is 15.0 Å². The van der Waals surface area contributed by atoms with Gasteiger partial charge in [0, 0.05) is 22.6 Å². The number of carbonyl (C=O) groups is 2. The van der Waals surface area contributed by atoms with Crippen LogP contribution in [0.15, 0.2) is 143 Å². The topological polar surface area (TPSA) is 137 Å². The normalized spacial score (nSPS) is 20.8. The predicted molar refractivity (Wildman–Crippen MR) is 218 cm³/mol. The number of phenols is 1. The van der Waals surface area contributed by atoms with Crippen LogP contribution in [0.5, 0.6) is 17.2 Å². The molecule has 14 heteroatoms. The van der Waals surface area contributed by atoms with E-state index in [9.17, 15) is 14.7 Å². The summed E-state index contributed by atoms with van der Waals surface area (Å²) in [7, 11) is 1.53. The number of aromatic nitrogens is 3. The molecule has 292 valence electrons. The largest absolute Gasteiger partial charge is 0.508 e. The van der Waals surface area contributed by atoms with Crippen molar-refractivity contribution in [1.82, 2.24) is 18.9 Å². The van der Waals surface area contributed by atoms with Crippen molar-refractivity contribution in [2.45, 2.75) is 36.9 Å². The number of hydrazine groups is 1. The number of phenolic OH excluding ortho intramolecular Hbond substituents is 1. The molecule has 3 aliphatic rings. The summed E-state index contributed by atoms with van der Waals surface area (Å²) < 4.78 is 15.4. The maximum Gasteiger partial charge on any atom is 0.352 e. The standard InChI is InChI=1S/C44H35Cl2N5O7/c1-57-30-15-12-27(13-16-30)44-34(40(53)50(41(44)54)47-36-19-14-28(45)22-35(36)46)24-37-32(20-21-48-42(55)49(43(56)51(37)48)29-10-6-3-7-11-29)39(44)33-18-17-31(23-38(33)52)58-25-26-8-4-2-5-9-26/h2-20,22-23,34,37,39,47,52H,21,24-25H2,1H3. The number of amides is 2. The Labute approximate surface area is 341 Å². The first-order valence-electron chi connectivity index (χ1n) is 18.6. The van der Waals surface area contributed by atoms with E-state index in [2.05, 4.69) is 5.43 Å². The number of methoxy groups -OCH3 is 1. The van der Waals surface area contributed by atoms with Gasteiger partial charge >= 0.3 is 11.4 Å². The highest BCUT2D eigenvalue weighted by Gasteiger charge is 2.69. The fourth-order valence-corrected chi connectivity index (χ4v) is 9.30. The quantitative estimate of drug-likeness (QED) is 0.117. The Balaban J connectivity index is 1.25. The second-order valence-corrected chi connectivity index (χ2v) is 15.3. The van der Waals surface area contributed by atoms with Gasteiger partial charge in [0.05, 0.1) is 47.4 Å². The Hall–Kier alpha value is -6.50. The van der Waals surface area contributed by atoms with Crippen LogP contribution in [0.25, 0.3) is 5.69 Å². The van der Waals surface area contributed by atoms with E-state index in [-0.39, 0.29) is 36.0 Å². The number of hydrogen-bond donors (Lipinski definition) is 2. The maximum absolute atomic E-state index is 15.5. The molecular formula is C44H35Cl2N5O7. The third kappa shape index (κ3) is 5.82. The van der Waals surface area contributed by atoms with Gasteiger partial charge < -0.3 is 14.6 Å². The molecule has 12 nitrogen and oxygen atoms in total. The molecule has 6 aromatic rings. The van der Waals surface area contributed by atoms with E-state index in [1.54, 1.807) is 78.9 Å². The SMILES string of the molecule is COc1ccc(C23C(=O)N(Nc4ccc(Cl)cc4Cl)C(=O)C2CC2C(=CCn4c(=O)n(-c5ccccc5)c(=O)n42)C3c2ccc(OCc3ccccc3)cc2O)cc1. The maximum atomic E-state index is 15.5. The minimum absolute atomic E-state index is 0.0108. The number of anilines is 1. The van der Waals surface area contributed by atoms with Crippen molar-refractivity contribution in [1.29, 1.82) is 0 Å². The van der Waals surface area contributed by atoms with Crippen LogP contribution >= 0.6 is 23.2 Å². The zero-order valence-corrected chi connectivity index (χ0v) is 32.4. The molecule has 4 atom stereocenters. The van der Waals surface area contributed by atoms with Crippen molar-refractivity contribution >= 4 is 40.7 Å². The van der Waals surface area contributed by atoms with Gasteiger partial charge in [0.1, 0.15) is 23.9 Å². The minimum Gasteiger partial charge on any atom is -0.508 e. The number of ether oxygens (including phenoxy) is 2. The number of benzene rings is 5. The molecule has 0 radical (unpaired) electrons. The van der Waals surface area contributed by atoms with E-state index >= 15 is 9.59 Å². The zero-order valence-electron chi connectivity index (χ0n) is 30.9. The van der Waals surface area contributed by atoms with Gasteiger partial charge in [-0.2, -0.15) is 5.01 Å². The minimum atomic E-state index is -1.68. The van der Waals surface area contributed by atoms with Gasteiger partial charge in [0.15, 0.2) is 0 Å². The molecule has 58 heavy (non-hydrogen) atoms. The van der Waals surface area contributed by atoms with Crippen LogP contribution in [-0.2, 0) is 28.2 Å². The molecular weight excluding hydrogens is 781 g/mol. The third-order valence-corrected chi connectivity index (χ3v) is 12.0. The third-order valence-electron chi connectivity index (χ3n) is 11.4. The number of carbonyl (C=O) groups excluding carboxylic acids is 2. The summed E-state index contributed by atoms with van der Waals surface area (Å²) in [4.78, 5) is 59.0. The lowest BCUT2D eigenvalue weighted by Gasteiger charge is -2.49. The number of halogens is 2. The molecule has 1 saturated heterocycles. The van der Waals surface area contributed by atoms with Gasteiger partial charge in [-0.15, -0.1) is 0 Å². The molecule has 4 unspecified atom stereocenters. The second kappa shape index (κ2) is 14.5. The van der Waals surface area contributed by atoms with E-state index in [1.165, 1.54) is 28.6 Å². The van der Waals surface area contributed by atoms with Gasteiger partial charge in [-0.25, -0.2) is 23.5 Å². The fraction of sp³-hybridized carbons (Fsp3) is 0.182. The summed E-state index contributed by atoms with van der Waals surface area (Å²) in [5.74, 6) is -2.64. The van der Waals surface area contributed by atoms with Crippen molar-refractivity contribution in [2.24, 2.45) is 5.92 Å². The van der Waals surface area contributed by atoms with E-state index in [4.69, 9.17) is 32.7 Å². The first-order chi connectivity index (χ1) is 28.1. The lowest BCUT2D eigenvalue weighted by atomic mass is 9.53. The molecule has 2 amide bonds. The average Bonchev–Trinajstić information content (AvgIpc) is 3.62. The number of rotatable bonds is 9. The molecule has 3 heterocycles. The first-order valence-corrected chi connectivity index (χ1v) is 19.3. The Morgan fingerprint density at radius 2 is 1.53 bits per heavy atom. The Morgan fingerprint density at radius 1 is 0.828 bits per heavy atom. The molecule has 2 aliphatic heterocycles. The summed E-state index contributed by atoms with van der Waals surface area (Å²) in [5.41, 5.74) is 3.10. The Bertz CT molecular complexity index is 2750. The highest BCUT2D eigenvalue weighted by Crippen LogP contribution is 2.63. The average molecular weight is 817 g/mol. The smallest absolute Gasteiger partial charge is 0.352 e. The second-order valence-electron chi connectivity index (χ2n) is 14.4. The van der Waals surface area contributed by atoms with E-state index in [1.807, 2.05) is 36.4 Å². The summed E-state index contributed by atoms with van der Waals surface area (Å²) in [6.07, 6.45) is 1.79. The number of nitrogens with zero attached hydrogens (tertiary/aromatic N) is 4. The molecule has 1 aliphatic carbocycles.